The summed E-state index contributed by atoms with van der Waals surface area (Å²) in [6, 6.07) is 11.1. The van der Waals surface area contributed by atoms with Crippen molar-refractivity contribution in [1.29, 1.82) is 0 Å². The average Bonchev–Trinajstić information content (AvgIpc) is 3.39. The quantitative estimate of drug-likeness (QED) is 0.658. The summed E-state index contributed by atoms with van der Waals surface area (Å²) in [5.74, 6) is -1.23. The molecule has 0 bridgehead atoms. The van der Waals surface area contributed by atoms with E-state index in [-0.39, 0.29) is 9.77 Å². The van der Waals surface area contributed by atoms with Crippen LogP contribution in [0.1, 0.15) is 28.1 Å². The number of benzene rings is 1. The molecule has 1 aliphatic heterocycles. The minimum Gasteiger partial charge on any atom is -0.451 e. The predicted molar refractivity (Wildman–Crippen MR) is 106 cm³/mol. The largest absolute Gasteiger partial charge is 0.451 e. The molecule has 1 aliphatic rings. The molecule has 2 heterocycles. The Morgan fingerprint density at radius 2 is 1.82 bits per heavy atom. The Balaban J connectivity index is 1.51. The highest BCUT2D eigenvalue weighted by atomic mass is 32.2. The second kappa shape index (κ2) is 9.31. The van der Waals surface area contributed by atoms with Gasteiger partial charge >= 0.3 is 5.97 Å². The molecule has 3 rings (SSSR count). The van der Waals surface area contributed by atoms with Crippen LogP contribution in [-0.2, 0) is 26.0 Å². The van der Waals surface area contributed by atoms with Crippen molar-refractivity contribution in [2.75, 3.05) is 26.2 Å². The topological polar surface area (TPSA) is 92.8 Å². The van der Waals surface area contributed by atoms with Gasteiger partial charge < -0.3 is 10.1 Å². The van der Waals surface area contributed by atoms with Crippen molar-refractivity contribution in [3.63, 3.8) is 0 Å². The van der Waals surface area contributed by atoms with Crippen molar-refractivity contribution in [3.8, 4) is 0 Å². The Labute approximate surface area is 168 Å². The van der Waals surface area contributed by atoms with Gasteiger partial charge in [-0.15, -0.1) is 11.3 Å². The van der Waals surface area contributed by atoms with Gasteiger partial charge in [-0.3, -0.25) is 4.79 Å². The smallest absolute Gasteiger partial charge is 0.350 e. The van der Waals surface area contributed by atoms with E-state index < -0.39 is 28.5 Å². The average molecular weight is 423 g/mol. The third-order valence-corrected chi connectivity index (χ3v) is 7.38. The minimum atomic E-state index is -3.71. The number of thiophene rings is 1. The summed E-state index contributed by atoms with van der Waals surface area (Å²) in [6.07, 6.45) is 2.29. The Kier molecular flexibility index (Phi) is 6.82. The van der Waals surface area contributed by atoms with Gasteiger partial charge in [-0.1, -0.05) is 30.3 Å². The van der Waals surface area contributed by atoms with Gasteiger partial charge in [0.15, 0.2) is 6.61 Å². The zero-order valence-corrected chi connectivity index (χ0v) is 16.9. The summed E-state index contributed by atoms with van der Waals surface area (Å²) in [5.41, 5.74) is 1.09. The third-order valence-electron chi connectivity index (χ3n) is 4.41. The lowest BCUT2D eigenvalue weighted by Gasteiger charge is -2.15. The van der Waals surface area contributed by atoms with E-state index in [1.807, 2.05) is 30.3 Å². The highest BCUT2D eigenvalue weighted by molar-refractivity contribution is 7.89. The van der Waals surface area contributed by atoms with Crippen LogP contribution in [0.2, 0.25) is 0 Å². The van der Waals surface area contributed by atoms with Crippen LogP contribution in [0.25, 0.3) is 0 Å². The summed E-state index contributed by atoms with van der Waals surface area (Å²) in [4.78, 5) is 24.2. The molecule has 0 unspecified atom stereocenters. The van der Waals surface area contributed by atoms with Crippen LogP contribution < -0.4 is 5.32 Å². The second-order valence-electron chi connectivity index (χ2n) is 6.39. The maximum absolute atomic E-state index is 12.7. The van der Waals surface area contributed by atoms with Crippen LogP contribution in [0.5, 0.6) is 0 Å². The van der Waals surface area contributed by atoms with Gasteiger partial charge in [-0.2, -0.15) is 4.31 Å². The predicted octanol–water partition coefficient (Wildman–Crippen LogP) is 2.05. The van der Waals surface area contributed by atoms with Crippen LogP contribution in [0.3, 0.4) is 0 Å². The normalized spacial score (nSPS) is 14.7. The van der Waals surface area contributed by atoms with Gasteiger partial charge in [0, 0.05) is 19.6 Å². The molecule has 0 radical (unpaired) electrons. The number of carbonyl (C=O) groups is 2. The second-order valence-corrected chi connectivity index (χ2v) is 9.21. The molecular weight excluding hydrogens is 400 g/mol. The lowest BCUT2D eigenvalue weighted by atomic mass is 10.1. The lowest BCUT2D eigenvalue weighted by Crippen LogP contribution is -2.31. The van der Waals surface area contributed by atoms with Crippen LogP contribution >= 0.6 is 11.3 Å². The van der Waals surface area contributed by atoms with E-state index in [2.05, 4.69) is 5.32 Å². The standard InChI is InChI=1S/C19H22N2O5S2/c22-17(20-10-8-15-6-2-1-3-7-15)14-26-19(23)18-16(9-13-27-18)28(24,25)21-11-4-5-12-21/h1-3,6-7,9,13H,4-5,8,10-12,14H2,(H,20,22). The van der Waals surface area contributed by atoms with Crippen LogP contribution in [0.15, 0.2) is 46.7 Å². The van der Waals surface area contributed by atoms with E-state index in [0.717, 1.165) is 29.7 Å². The van der Waals surface area contributed by atoms with Gasteiger partial charge in [0.1, 0.15) is 9.77 Å². The molecule has 0 spiro atoms. The molecule has 7 nitrogen and oxygen atoms in total. The lowest BCUT2D eigenvalue weighted by molar-refractivity contribution is -0.124. The summed E-state index contributed by atoms with van der Waals surface area (Å²) in [7, 11) is -3.71. The van der Waals surface area contributed by atoms with Crippen LogP contribution in [0.4, 0.5) is 0 Å². The number of carbonyl (C=O) groups excluding carboxylic acids is 2. The maximum Gasteiger partial charge on any atom is 0.350 e. The molecule has 9 heteroatoms. The molecule has 1 saturated heterocycles. The highest BCUT2D eigenvalue weighted by Gasteiger charge is 2.32. The zero-order chi connectivity index (χ0) is 20.0. The number of hydrogen-bond acceptors (Lipinski definition) is 6. The van der Waals surface area contributed by atoms with Crippen molar-refractivity contribution in [3.05, 3.63) is 52.2 Å². The molecule has 1 amide bonds. The summed E-state index contributed by atoms with van der Waals surface area (Å²) >= 11 is 0.998. The van der Waals surface area contributed by atoms with Crippen molar-refractivity contribution < 1.29 is 22.7 Å². The SMILES string of the molecule is O=C(COC(=O)c1sccc1S(=O)(=O)N1CCCC1)NCCc1ccccc1. The summed E-state index contributed by atoms with van der Waals surface area (Å²) in [6.45, 7) is 0.885. The van der Waals surface area contributed by atoms with E-state index in [4.69, 9.17) is 4.74 Å². The summed E-state index contributed by atoms with van der Waals surface area (Å²) < 4.78 is 31.8. The maximum atomic E-state index is 12.7. The zero-order valence-electron chi connectivity index (χ0n) is 15.3. The molecule has 1 aromatic heterocycles. The molecule has 150 valence electrons. The van der Waals surface area contributed by atoms with E-state index >= 15 is 0 Å². The van der Waals surface area contributed by atoms with Gasteiger partial charge in [-0.25, -0.2) is 13.2 Å². The van der Waals surface area contributed by atoms with Crippen molar-refractivity contribution in [2.24, 2.45) is 0 Å². The van der Waals surface area contributed by atoms with Gasteiger partial charge in [0.2, 0.25) is 10.0 Å². The number of rotatable bonds is 8. The molecule has 1 N–H and O–H groups in total. The fraction of sp³-hybridized carbons (Fsp3) is 0.368. The highest BCUT2D eigenvalue weighted by Crippen LogP contribution is 2.28. The van der Waals surface area contributed by atoms with E-state index in [0.29, 0.717) is 26.1 Å². The first-order valence-electron chi connectivity index (χ1n) is 9.04. The molecule has 0 saturated carbocycles. The molecule has 1 fully saturated rings. The molecule has 2 aromatic rings. The molecule has 1 aromatic carbocycles. The van der Waals surface area contributed by atoms with Crippen molar-refractivity contribution in [2.45, 2.75) is 24.2 Å². The first kappa shape index (κ1) is 20.5. The van der Waals surface area contributed by atoms with E-state index in [1.165, 1.54) is 10.4 Å². The van der Waals surface area contributed by atoms with Gasteiger partial charge in [-0.05, 0) is 36.3 Å². The van der Waals surface area contributed by atoms with Crippen molar-refractivity contribution in [1.82, 2.24) is 9.62 Å². The molecule has 0 atom stereocenters. The number of hydrogen-bond donors (Lipinski definition) is 1. The monoisotopic (exact) mass is 422 g/mol. The fourth-order valence-corrected chi connectivity index (χ4v) is 5.76. The fourth-order valence-electron chi connectivity index (χ4n) is 2.96. The number of esters is 1. The number of amides is 1. The Morgan fingerprint density at radius 3 is 2.54 bits per heavy atom. The first-order valence-corrected chi connectivity index (χ1v) is 11.4. The van der Waals surface area contributed by atoms with Gasteiger partial charge in [0.25, 0.3) is 5.91 Å². The van der Waals surface area contributed by atoms with Crippen molar-refractivity contribution >= 4 is 33.2 Å². The molecule has 28 heavy (non-hydrogen) atoms. The number of sulfonamides is 1. The Bertz CT molecular complexity index is 919. The minimum absolute atomic E-state index is 0.00369. The van der Waals surface area contributed by atoms with E-state index in [1.54, 1.807) is 5.38 Å². The van der Waals surface area contributed by atoms with E-state index in [9.17, 15) is 18.0 Å². The Hall–Kier alpha value is -2.23. The summed E-state index contributed by atoms with van der Waals surface area (Å²) in [5, 5.41) is 4.22. The third kappa shape index (κ3) is 4.98. The number of ether oxygens (including phenoxy) is 1. The molecular formula is C19H22N2O5S2. The van der Waals surface area contributed by atoms with Crippen LogP contribution in [-0.4, -0.2) is 50.8 Å². The number of nitrogens with one attached hydrogen (secondary N) is 1. The first-order chi connectivity index (χ1) is 13.5. The van der Waals surface area contributed by atoms with Gasteiger partial charge in [0.05, 0.1) is 0 Å². The van der Waals surface area contributed by atoms with Crippen LogP contribution in [0, 0.1) is 0 Å². The Morgan fingerprint density at radius 1 is 1.11 bits per heavy atom. The molecule has 0 aliphatic carbocycles. The number of nitrogens with zero attached hydrogens (tertiary/aromatic N) is 1.